The molecule has 0 aliphatic rings. The Morgan fingerprint density at radius 2 is 1.92 bits per heavy atom. The van der Waals surface area contributed by atoms with Gasteiger partial charge in [-0.25, -0.2) is 9.78 Å². The number of carboxylic acid groups (broad SMARTS) is 1. The Bertz CT molecular complexity index is 655. The van der Waals surface area contributed by atoms with Gasteiger partial charge in [-0.3, -0.25) is 14.9 Å². The van der Waals surface area contributed by atoms with Crippen LogP contribution in [-0.2, 0) is 20.7 Å². The minimum Gasteiger partial charge on any atom is -0.481 e. The Balaban J connectivity index is 2.84. The average Bonchev–Trinajstić information content (AvgIpc) is 2.51. The average molecular weight is 382 g/mol. The molecule has 1 rings (SSSR count). The van der Waals surface area contributed by atoms with Gasteiger partial charge >= 0.3 is 12.1 Å². The second-order valence-corrected chi connectivity index (χ2v) is 8.23. The number of pyridine rings is 1. The number of ether oxygens (including phenoxy) is 1. The summed E-state index contributed by atoms with van der Waals surface area (Å²) in [5.74, 6) is -0.422. The van der Waals surface area contributed by atoms with Crippen LogP contribution in [0.15, 0.2) is 18.3 Å². The van der Waals surface area contributed by atoms with E-state index >= 15 is 0 Å². The lowest BCUT2D eigenvalue weighted by Gasteiger charge is -2.27. The van der Waals surface area contributed by atoms with Gasteiger partial charge < -0.3 is 9.84 Å². The first kappa shape index (κ1) is 22.0. The van der Waals surface area contributed by atoms with E-state index in [0.29, 0.717) is 17.8 Å². The van der Waals surface area contributed by atoms with Crippen molar-refractivity contribution in [2.24, 2.45) is 5.41 Å². The summed E-state index contributed by atoms with van der Waals surface area (Å²) in [7, 11) is 0. The maximum absolute atomic E-state index is 11.8. The van der Waals surface area contributed by atoms with E-state index in [1.807, 2.05) is 0 Å². The number of thioether (sulfide) groups is 1. The number of carboxylic acids is 1. The zero-order valence-corrected chi connectivity index (χ0v) is 16.6. The SMILES string of the molecule is CCC(CSC(C)=O)(Cc1ccc(NC(=O)OC(C)(C)C)nc1)C(=O)O. The van der Waals surface area contributed by atoms with Crippen LogP contribution in [0.4, 0.5) is 10.6 Å². The lowest BCUT2D eigenvalue weighted by atomic mass is 9.81. The molecule has 0 saturated carbocycles. The molecule has 0 aromatic carbocycles. The molecule has 0 bridgehead atoms. The van der Waals surface area contributed by atoms with Crippen molar-refractivity contribution >= 4 is 34.8 Å². The van der Waals surface area contributed by atoms with Gasteiger partial charge in [0.05, 0.1) is 5.41 Å². The quantitative estimate of drug-likeness (QED) is 0.740. The standard InChI is InChI=1S/C18H26N2O5S/c1-6-18(15(22)23,11-26-12(2)21)9-13-7-8-14(19-10-13)20-16(24)25-17(3,4)5/h7-8,10H,6,9,11H2,1-5H3,(H,22,23)(H,19,20,24). The van der Waals surface area contributed by atoms with Gasteiger partial charge in [-0.05, 0) is 45.2 Å². The molecule has 0 radical (unpaired) electrons. The largest absolute Gasteiger partial charge is 0.481 e. The van der Waals surface area contributed by atoms with Crippen molar-refractivity contribution in [1.29, 1.82) is 0 Å². The highest BCUT2D eigenvalue weighted by Gasteiger charge is 2.37. The summed E-state index contributed by atoms with van der Waals surface area (Å²) in [4.78, 5) is 38.9. The minimum absolute atomic E-state index is 0.112. The predicted octanol–water partition coefficient (Wildman–Crippen LogP) is 3.73. The molecule has 0 aliphatic carbocycles. The Morgan fingerprint density at radius 3 is 2.35 bits per heavy atom. The second kappa shape index (κ2) is 9.02. The van der Waals surface area contributed by atoms with E-state index in [1.165, 1.54) is 13.1 Å². The van der Waals surface area contributed by atoms with Gasteiger partial charge in [-0.1, -0.05) is 24.8 Å². The van der Waals surface area contributed by atoms with Gasteiger partial charge in [0.15, 0.2) is 5.12 Å². The smallest absolute Gasteiger partial charge is 0.413 e. The first-order chi connectivity index (χ1) is 12.0. The van der Waals surface area contributed by atoms with Crippen molar-refractivity contribution in [3.63, 3.8) is 0 Å². The van der Waals surface area contributed by atoms with Gasteiger partial charge in [0.2, 0.25) is 0 Å². The molecule has 26 heavy (non-hydrogen) atoms. The van der Waals surface area contributed by atoms with Crippen molar-refractivity contribution in [3.05, 3.63) is 23.9 Å². The zero-order chi connectivity index (χ0) is 20.0. The van der Waals surface area contributed by atoms with Gasteiger partial charge in [0.1, 0.15) is 11.4 Å². The van der Waals surface area contributed by atoms with Gasteiger partial charge in [0.25, 0.3) is 0 Å². The fourth-order valence-corrected chi connectivity index (χ4v) is 3.12. The molecule has 1 amide bonds. The van der Waals surface area contributed by atoms with Gasteiger partial charge in [0, 0.05) is 18.9 Å². The highest BCUT2D eigenvalue weighted by atomic mass is 32.2. The Hall–Kier alpha value is -2.09. The number of nitrogens with one attached hydrogen (secondary N) is 1. The number of anilines is 1. The van der Waals surface area contributed by atoms with E-state index < -0.39 is 23.1 Å². The maximum atomic E-state index is 11.8. The fourth-order valence-electron chi connectivity index (χ4n) is 2.21. The molecule has 0 saturated heterocycles. The first-order valence-corrected chi connectivity index (χ1v) is 9.28. The molecule has 1 aromatic heterocycles. The van der Waals surface area contributed by atoms with Crippen LogP contribution in [0.1, 0.15) is 46.6 Å². The van der Waals surface area contributed by atoms with Crippen molar-refractivity contribution < 1.29 is 24.2 Å². The minimum atomic E-state index is -1.04. The van der Waals surface area contributed by atoms with E-state index in [-0.39, 0.29) is 17.3 Å². The van der Waals surface area contributed by atoms with Gasteiger partial charge in [-0.15, -0.1) is 0 Å². The zero-order valence-electron chi connectivity index (χ0n) is 15.8. The third-order valence-corrected chi connectivity index (χ3v) is 4.78. The number of rotatable bonds is 7. The third kappa shape index (κ3) is 7.03. The van der Waals surface area contributed by atoms with E-state index in [1.54, 1.807) is 39.8 Å². The van der Waals surface area contributed by atoms with Crippen molar-refractivity contribution in [2.45, 2.75) is 53.1 Å². The molecule has 1 atom stereocenters. The van der Waals surface area contributed by atoms with E-state index in [9.17, 15) is 19.5 Å². The fraction of sp³-hybridized carbons (Fsp3) is 0.556. The maximum Gasteiger partial charge on any atom is 0.413 e. The van der Waals surface area contributed by atoms with Crippen LogP contribution in [0.3, 0.4) is 0 Å². The van der Waals surface area contributed by atoms with E-state index in [4.69, 9.17) is 4.74 Å². The number of hydrogen-bond acceptors (Lipinski definition) is 6. The Morgan fingerprint density at radius 1 is 1.27 bits per heavy atom. The summed E-state index contributed by atoms with van der Waals surface area (Å²) >= 11 is 1.01. The first-order valence-electron chi connectivity index (χ1n) is 8.29. The third-order valence-electron chi connectivity index (χ3n) is 3.68. The summed E-state index contributed by atoms with van der Waals surface area (Å²) in [6, 6.07) is 3.31. The highest BCUT2D eigenvalue weighted by molar-refractivity contribution is 8.13. The number of nitrogens with zero attached hydrogens (tertiary/aromatic N) is 1. The monoisotopic (exact) mass is 382 g/mol. The highest BCUT2D eigenvalue weighted by Crippen LogP contribution is 2.32. The van der Waals surface area contributed by atoms with Crippen molar-refractivity contribution in [2.75, 3.05) is 11.1 Å². The normalized spacial score (nSPS) is 13.6. The van der Waals surface area contributed by atoms with Crippen LogP contribution in [-0.4, -0.2) is 38.6 Å². The number of amides is 1. The summed E-state index contributed by atoms with van der Waals surface area (Å²) in [5, 5.41) is 12.1. The van der Waals surface area contributed by atoms with Crippen molar-refractivity contribution in [1.82, 2.24) is 4.98 Å². The van der Waals surface area contributed by atoms with Gasteiger partial charge in [-0.2, -0.15) is 0 Å². The topological polar surface area (TPSA) is 106 Å². The summed E-state index contributed by atoms with van der Waals surface area (Å²) in [5.41, 5.74) is -0.938. The lowest BCUT2D eigenvalue weighted by Crippen LogP contribution is -2.35. The van der Waals surface area contributed by atoms with E-state index in [0.717, 1.165) is 11.8 Å². The molecular weight excluding hydrogens is 356 g/mol. The molecule has 8 heteroatoms. The van der Waals surface area contributed by atoms with E-state index in [2.05, 4.69) is 10.3 Å². The molecule has 7 nitrogen and oxygen atoms in total. The lowest BCUT2D eigenvalue weighted by molar-refractivity contribution is -0.147. The molecule has 1 unspecified atom stereocenters. The molecule has 0 aliphatic heterocycles. The number of aromatic nitrogens is 1. The number of hydrogen-bond donors (Lipinski definition) is 2. The number of carbonyl (C=O) groups excluding carboxylic acids is 2. The molecular formula is C18H26N2O5S. The summed E-state index contributed by atoms with van der Waals surface area (Å²) < 4.78 is 5.15. The predicted molar refractivity (Wildman–Crippen MR) is 101 cm³/mol. The number of aliphatic carboxylic acids is 1. The molecule has 0 spiro atoms. The van der Waals surface area contributed by atoms with Crippen molar-refractivity contribution in [3.8, 4) is 0 Å². The summed E-state index contributed by atoms with van der Waals surface area (Å²) in [6.07, 6.45) is 1.56. The Kier molecular flexibility index (Phi) is 7.62. The summed E-state index contributed by atoms with van der Waals surface area (Å²) in [6.45, 7) is 8.50. The molecule has 0 fully saturated rings. The molecule has 1 heterocycles. The van der Waals surface area contributed by atoms with Crippen LogP contribution < -0.4 is 5.32 Å². The van der Waals surface area contributed by atoms with Crippen LogP contribution in [0.25, 0.3) is 0 Å². The van der Waals surface area contributed by atoms with Crippen LogP contribution in [0.5, 0.6) is 0 Å². The number of carbonyl (C=O) groups is 3. The molecule has 1 aromatic rings. The van der Waals surface area contributed by atoms with Crippen LogP contribution in [0, 0.1) is 5.41 Å². The molecule has 144 valence electrons. The van der Waals surface area contributed by atoms with Crippen LogP contribution >= 0.6 is 11.8 Å². The molecule has 2 N–H and O–H groups in total. The second-order valence-electron chi connectivity index (χ2n) is 7.07. The van der Waals surface area contributed by atoms with Crippen LogP contribution in [0.2, 0.25) is 0 Å². The Labute approximate surface area is 157 Å².